The molecule has 0 spiro atoms. The fraction of sp³-hybridized carbons (Fsp3) is 0.588. The Bertz CT molecular complexity index is 498. The zero-order chi connectivity index (χ0) is 16.1. The van der Waals surface area contributed by atoms with Gasteiger partial charge in [0.2, 0.25) is 5.91 Å². The number of likely N-dealkylation sites (tertiary alicyclic amines) is 1. The van der Waals surface area contributed by atoms with E-state index >= 15 is 0 Å². The molecule has 1 aromatic carbocycles. The first kappa shape index (κ1) is 16.9. The van der Waals surface area contributed by atoms with Crippen LogP contribution in [-0.4, -0.2) is 49.7 Å². The van der Waals surface area contributed by atoms with Gasteiger partial charge in [0.15, 0.2) is 0 Å². The summed E-state index contributed by atoms with van der Waals surface area (Å²) >= 11 is 0. The summed E-state index contributed by atoms with van der Waals surface area (Å²) in [5.41, 5.74) is 8.95. The van der Waals surface area contributed by atoms with Crippen LogP contribution < -0.4 is 11.1 Å². The highest BCUT2D eigenvalue weighted by Crippen LogP contribution is 2.21. The van der Waals surface area contributed by atoms with Gasteiger partial charge in [-0.3, -0.25) is 9.69 Å². The van der Waals surface area contributed by atoms with E-state index < -0.39 is 0 Å². The third-order valence-corrected chi connectivity index (χ3v) is 4.49. The van der Waals surface area contributed by atoms with Crippen molar-refractivity contribution in [1.82, 2.24) is 4.90 Å². The minimum atomic E-state index is 0.0201. The third kappa shape index (κ3) is 4.06. The fourth-order valence-corrected chi connectivity index (χ4v) is 3.11. The second-order valence-electron chi connectivity index (χ2n) is 6.06. The number of hydrogen-bond donors (Lipinski definition) is 2. The maximum absolute atomic E-state index is 12.4. The molecular formula is C17H27N3O2. The predicted molar refractivity (Wildman–Crippen MR) is 89.0 cm³/mol. The summed E-state index contributed by atoms with van der Waals surface area (Å²) in [6.07, 6.45) is 2.10. The number of ether oxygens (including phenoxy) is 1. The van der Waals surface area contributed by atoms with Gasteiger partial charge in [-0.15, -0.1) is 0 Å². The number of nitrogens with two attached hydrogens (primary N) is 1. The quantitative estimate of drug-likeness (QED) is 0.868. The molecule has 1 heterocycles. The van der Waals surface area contributed by atoms with Gasteiger partial charge < -0.3 is 15.8 Å². The van der Waals surface area contributed by atoms with Crippen molar-refractivity contribution in [2.24, 2.45) is 5.73 Å². The molecule has 1 fully saturated rings. The lowest BCUT2D eigenvalue weighted by atomic mass is 9.99. The van der Waals surface area contributed by atoms with Crippen molar-refractivity contribution in [2.45, 2.75) is 38.8 Å². The number of benzene rings is 1. The average molecular weight is 305 g/mol. The molecule has 0 bridgehead atoms. The van der Waals surface area contributed by atoms with E-state index in [2.05, 4.69) is 10.2 Å². The average Bonchev–Trinajstić information content (AvgIpc) is 2.51. The van der Waals surface area contributed by atoms with Gasteiger partial charge in [-0.25, -0.2) is 0 Å². The number of nitrogens with one attached hydrogen (secondary N) is 1. The van der Waals surface area contributed by atoms with Crippen LogP contribution >= 0.6 is 0 Å². The van der Waals surface area contributed by atoms with E-state index in [1.165, 1.54) is 0 Å². The topological polar surface area (TPSA) is 67.6 Å². The number of anilines is 1. The lowest BCUT2D eigenvalue weighted by Gasteiger charge is -2.38. The number of rotatable bonds is 5. The molecule has 0 aliphatic carbocycles. The lowest BCUT2D eigenvalue weighted by Crippen LogP contribution is -2.51. The second kappa shape index (κ2) is 7.72. The number of para-hydroxylation sites is 1. The Morgan fingerprint density at radius 3 is 2.68 bits per heavy atom. The van der Waals surface area contributed by atoms with Gasteiger partial charge in [0.05, 0.1) is 12.6 Å². The molecule has 22 heavy (non-hydrogen) atoms. The minimum Gasteiger partial charge on any atom is -0.381 e. The fourth-order valence-electron chi connectivity index (χ4n) is 3.11. The molecule has 1 aliphatic rings. The van der Waals surface area contributed by atoms with Gasteiger partial charge in [-0.2, -0.15) is 0 Å². The lowest BCUT2D eigenvalue weighted by molar-refractivity contribution is -0.118. The zero-order valence-corrected chi connectivity index (χ0v) is 13.8. The summed E-state index contributed by atoms with van der Waals surface area (Å²) in [5.74, 6) is 0.0201. The summed E-state index contributed by atoms with van der Waals surface area (Å²) in [6.45, 7) is 5.80. The molecule has 5 nitrogen and oxygen atoms in total. The molecule has 5 heteroatoms. The largest absolute Gasteiger partial charge is 0.381 e. The monoisotopic (exact) mass is 305 g/mol. The highest BCUT2D eigenvalue weighted by atomic mass is 16.5. The summed E-state index contributed by atoms with van der Waals surface area (Å²) in [5, 5.41) is 3.04. The first-order valence-corrected chi connectivity index (χ1v) is 7.88. The smallest absolute Gasteiger partial charge is 0.238 e. The number of hydrogen-bond acceptors (Lipinski definition) is 4. The summed E-state index contributed by atoms with van der Waals surface area (Å²) < 4.78 is 5.42. The van der Waals surface area contributed by atoms with Crippen molar-refractivity contribution >= 4 is 11.6 Å². The number of carbonyl (C=O) groups excluding carboxylic acids is 1. The molecule has 1 saturated heterocycles. The number of carbonyl (C=O) groups is 1. The van der Waals surface area contributed by atoms with Crippen molar-refractivity contribution in [1.29, 1.82) is 0 Å². The number of aryl methyl sites for hydroxylation is 2. The van der Waals surface area contributed by atoms with Gasteiger partial charge in [0, 0.05) is 31.9 Å². The van der Waals surface area contributed by atoms with E-state index in [9.17, 15) is 4.79 Å². The zero-order valence-electron chi connectivity index (χ0n) is 13.8. The van der Waals surface area contributed by atoms with Crippen LogP contribution in [0.4, 0.5) is 5.69 Å². The number of nitrogens with zero attached hydrogens (tertiary/aromatic N) is 1. The van der Waals surface area contributed by atoms with Crippen LogP contribution in [0.25, 0.3) is 0 Å². The highest BCUT2D eigenvalue weighted by Gasteiger charge is 2.28. The molecule has 1 aliphatic heterocycles. The van der Waals surface area contributed by atoms with Crippen LogP contribution in [0.5, 0.6) is 0 Å². The Labute approximate surface area is 132 Å². The van der Waals surface area contributed by atoms with E-state index in [1.54, 1.807) is 7.11 Å². The molecular weight excluding hydrogens is 278 g/mol. The molecule has 3 N–H and O–H groups in total. The maximum Gasteiger partial charge on any atom is 0.238 e. The van der Waals surface area contributed by atoms with Crippen molar-refractivity contribution in [3.05, 3.63) is 29.3 Å². The first-order valence-electron chi connectivity index (χ1n) is 7.88. The Balaban J connectivity index is 1.97. The minimum absolute atomic E-state index is 0.0201. The van der Waals surface area contributed by atoms with Crippen LogP contribution in [0, 0.1) is 13.8 Å². The van der Waals surface area contributed by atoms with Gasteiger partial charge in [0.1, 0.15) is 0 Å². The Kier molecular flexibility index (Phi) is 5.94. The Hall–Kier alpha value is -1.43. The molecule has 1 aromatic rings. The third-order valence-electron chi connectivity index (χ3n) is 4.49. The molecule has 1 amide bonds. The highest BCUT2D eigenvalue weighted by molar-refractivity contribution is 5.93. The van der Waals surface area contributed by atoms with Crippen LogP contribution in [0.3, 0.4) is 0 Å². The predicted octanol–water partition coefficient (Wildman–Crippen LogP) is 1.68. The van der Waals surface area contributed by atoms with Crippen molar-refractivity contribution in [2.75, 3.05) is 32.1 Å². The van der Waals surface area contributed by atoms with Gasteiger partial charge >= 0.3 is 0 Å². The molecule has 2 atom stereocenters. The van der Waals surface area contributed by atoms with E-state index in [-0.39, 0.29) is 18.1 Å². The van der Waals surface area contributed by atoms with Crippen molar-refractivity contribution in [3.63, 3.8) is 0 Å². The first-order chi connectivity index (χ1) is 10.5. The van der Waals surface area contributed by atoms with Gasteiger partial charge in [-0.05, 0) is 37.8 Å². The number of amides is 1. The van der Waals surface area contributed by atoms with Crippen LogP contribution in [0.2, 0.25) is 0 Å². The standard InChI is InChI=1S/C17H27N3O2/c1-12-5-4-6-13(2)17(12)19-16(21)11-20-8-7-15(22-3)9-14(20)10-18/h4-6,14-15H,7-11,18H2,1-3H3,(H,19,21). The summed E-state index contributed by atoms with van der Waals surface area (Å²) in [7, 11) is 1.74. The second-order valence-corrected chi connectivity index (χ2v) is 6.06. The van der Waals surface area contributed by atoms with Gasteiger partial charge in [0.25, 0.3) is 0 Å². The normalized spacial score (nSPS) is 22.5. The van der Waals surface area contributed by atoms with Gasteiger partial charge in [-0.1, -0.05) is 18.2 Å². The van der Waals surface area contributed by atoms with E-state index in [0.29, 0.717) is 13.1 Å². The number of piperidine rings is 1. The molecule has 0 radical (unpaired) electrons. The molecule has 0 saturated carbocycles. The van der Waals surface area contributed by atoms with Crippen LogP contribution in [0.1, 0.15) is 24.0 Å². The summed E-state index contributed by atoms with van der Waals surface area (Å²) in [6, 6.07) is 6.23. The Morgan fingerprint density at radius 1 is 1.41 bits per heavy atom. The maximum atomic E-state index is 12.4. The molecule has 2 unspecified atom stereocenters. The Morgan fingerprint density at radius 2 is 2.09 bits per heavy atom. The summed E-state index contributed by atoms with van der Waals surface area (Å²) in [4.78, 5) is 14.5. The van der Waals surface area contributed by atoms with E-state index in [4.69, 9.17) is 10.5 Å². The molecule has 122 valence electrons. The van der Waals surface area contributed by atoms with Crippen LogP contribution in [-0.2, 0) is 9.53 Å². The number of methoxy groups -OCH3 is 1. The van der Waals surface area contributed by atoms with E-state index in [1.807, 2.05) is 32.0 Å². The van der Waals surface area contributed by atoms with E-state index in [0.717, 1.165) is 36.2 Å². The van der Waals surface area contributed by atoms with Crippen LogP contribution in [0.15, 0.2) is 18.2 Å². The van der Waals surface area contributed by atoms with Crippen molar-refractivity contribution < 1.29 is 9.53 Å². The molecule has 2 rings (SSSR count). The molecule has 0 aromatic heterocycles. The SMILES string of the molecule is COC1CCN(CC(=O)Nc2c(C)cccc2C)C(CN)C1. The van der Waals surface area contributed by atoms with Crippen molar-refractivity contribution in [3.8, 4) is 0 Å².